The summed E-state index contributed by atoms with van der Waals surface area (Å²) >= 11 is 7.03. The molecule has 0 fully saturated rings. The smallest absolute Gasteiger partial charge is 0.128 e. The fraction of sp³-hybridized carbons (Fsp3) is 0.128. The van der Waals surface area contributed by atoms with Crippen LogP contribution >= 0.6 is 11.6 Å². The first-order valence-electron chi connectivity index (χ1n) is 14.4. The van der Waals surface area contributed by atoms with Gasteiger partial charge in [-0.3, -0.25) is 0 Å². The van der Waals surface area contributed by atoms with Crippen LogP contribution < -0.4 is 4.74 Å². The van der Waals surface area contributed by atoms with E-state index in [-0.39, 0.29) is 5.41 Å². The van der Waals surface area contributed by atoms with Crippen LogP contribution in [0.1, 0.15) is 30.5 Å². The Morgan fingerprint density at radius 1 is 0.714 bits per heavy atom. The number of aromatic nitrogens is 1. The molecule has 1 aliphatic rings. The lowest BCUT2D eigenvalue weighted by Crippen LogP contribution is -2.15. The van der Waals surface area contributed by atoms with Gasteiger partial charge in [0, 0.05) is 16.5 Å². The Hall–Kier alpha value is -4.53. The molecular formula is C39H30ClNO. The fourth-order valence-corrected chi connectivity index (χ4v) is 7.46. The van der Waals surface area contributed by atoms with Crippen LogP contribution in [-0.4, -0.2) is 11.7 Å². The number of methoxy groups -OCH3 is 1. The summed E-state index contributed by atoms with van der Waals surface area (Å²) in [7, 11) is 1.73. The van der Waals surface area contributed by atoms with Crippen molar-refractivity contribution in [3.05, 3.63) is 131 Å². The maximum absolute atomic E-state index is 7.03. The third kappa shape index (κ3) is 3.45. The molecule has 6 aromatic carbocycles. The Kier molecular flexibility index (Phi) is 5.39. The molecule has 0 aliphatic heterocycles. The molecule has 0 N–H and O–H groups in total. The molecule has 8 rings (SSSR count). The van der Waals surface area contributed by atoms with Gasteiger partial charge in [0.25, 0.3) is 0 Å². The summed E-state index contributed by atoms with van der Waals surface area (Å²) in [4.78, 5) is 0. The maximum Gasteiger partial charge on any atom is 0.128 e. The van der Waals surface area contributed by atoms with Crippen molar-refractivity contribution < 1.29 is 4.74 Å². The normalized spacial score (nSPS) is 13.5. The van der Waals surface area contributed by atoms with Crippen LogP contribution in [0.15, 0.2) is 109 Å². The number of ether oxygens (including phenoxy) is 1. The Balaban J connectivity index is 1.44. The second-order valence-electron chi connectivity index (χ2n) is 12.0. The molecule has 0 amide bonds. The second kappa shape index (κ2) is 8.98. The molecule has 0 saturated carbocycles. The van der Waals surface area contributed by atoms with Crippen molar-refractivity contribution in [2.24, 2.45) is 0 Å². The van der Waals surface area contributed by atoms with Gasteiger partial charge in [-0.25, -0.2) is 0 Å². The zero-order valence-electron chi connectivity index (χ0n) is 24.1. The number of rotatable bonds is 3. The third-order valence-electron chi connectivity index (χ3n) is 9.17. The fourth-order valence-electron chi connectivity index (χ4n) is 7.22. The van der Waals surface area contributed by atoms with E-state index in [1.165, 1.54) is 44.2 Å². The molecule has 1 heterocycles. The summed E-state index contributed by atoms with van der Waals surface area (Å²) in [5, 5.41) is 5.36. The average molecular weight is 564 g/mol. The Labute approximate surface area is 250 Å². The molecule has 0 spiro atoms. The van der Waals surface area contributed by atoms with Crippen LogP contribution in [0, 0.1) is 6.92 Å². The highest BCUT2D eigenvalue weighted by molar-refractivity contribution is 6.37. The number of aryl methyl sites for hydroxylation is 1. The van der Waals surface area contributed by atoms with Crippen molar-refractivity contribution in [3.8, 4) is 33.7 Å². The lowest BCUT2D eigenvalue weighted by Gasteiger charge is -2.24. The average Bonchev–Trinajstić information content (AvgIpc) is 3.47. The summed E-state index contributed by atoms with van der Waals surface area (Å²) in [5.41, 5.74) is 12.1. The molecule has 0 radical (unpaired) electrons. The Morgan fingerprint density at radius 3 is 2.31 bits per heavy atom. The van der Waals surface area contributed by atoms with Crippen LogP contribution in [-0.2, 0) is 5.41 Å². The largest absolute Gasteiger partial charge is 0.496 e. The molecular weight excluding hydrogens is 534 g/mol. The van der Waals surface area contributed by atoms with Gasteiger partial charge in [-0.1, -0.05) is 104 Å². The first-order chi connectivity index (χ1) is 20.4. The number of halogens is 1. The highest BCUT2D eigenvalue weighted by atomic mass is 35.5. The van der Waals surface area contributed by atoms with Crippen molar-refractivity contribution >= 4 is 44.2 Å². The number of nitrogens with zero attached hydrogens (tertiary/aromatic N) is 1. The van der Waals surface area contributed by atoms with Gasteiger partial charge in [0.2, 0.25) is 0 Å². The first kappa shape index (κ1) is 25.2. The maximum atomic E-state index is 7.03. The van der Waals surface area contributed by atoms with Gasteiger partial charge in [0.1, 0.15) is 5.75 Å². The molecule has 3 heteroatoms. The van der Waals surface area contributed by atoms with Gasteiger partial charge >= 0.3 is 0 Å². The van der Waals surface area contributed by atoms with Gasteiger partial charge in [-0.15, -0.1) is 0 Å². The monoisotopic (exact) mass is 563 g/mol. The van der Waals surface area contributed by atoms with E-state index in [0.29, 0.717) is 5.02 Å². The predicted octanol–water partition coefficient (Wildman–Crippen LogP) is 10.9. The van der Waals surface area contributed by atoms with Gasteiger partial charge in [-0.2, -0.15) is 0 Å². The van der Waals surface area contributed by atoms with Gasteiger partial charge < -0.3 is 9.30 Å². The van der Waals surface area contributed by atoms with Crippen LogP contribution in [0.2, 0.25) is 5.02 Å². The first-order valence-corrected chi connectivity index (χ1v) is 14.8. The molecule has 0 bridgehead atoms. The van der Waals surface area contributed by atoms with E-state index in [0.717, 1.165) is 38.8 Å². The minimum absolute atomic E-state index is 0.110. The van der Waals surface area contributed by atoms with Gasteiger partial charge in [-0.05, 0) is 87.5 Å². The highest BCUT2D eigenvalue weighted by Crippen LogP contribution is 2.52. The topological polar surface area (TPSA) is 14.2 Å². The van der Waals surface area contributed by atoms with Gasteiger partial charge in [0.15, 0.2) is 0 Å². The number of benzene rings is 6. The van der Waals surface area contributed by atoms with E-state index in [9.17, 15) is 0 Å². The molecule has 1 aliphatic carbocycles. The van der Waals surface area contributed by atoms with E-state index in [1.807, 2.05) is 18.2 Å². The summed E-state index contributed by atoms with van der Waals surface area (Å²) in [5.74, 6) is 0.817. The molecule has 42 heavy (non-hydrogen) atoms. The van der Waals surface area contributed by atoms with Crippen molar-refractivity contribution in [3.63, 3.8) is 0 Å². The molecule has 0 atom stereocenters. The summed E-state index contributed by atoms with van der Waals surface area (Å²) in [6.07, 6.45) is 0. The quantitative estimate of drug-likeness (QED) is 0.208. The third-order valence-corrected chi connectivity index (χ3v) is 9.48. The minimum atomic E-state index is -0.110. The summed E-state index contributed by atoms with van der Waals surface area (Å²) < 4.78 is 8.22. The van der Waals surface area contributed by atoms with E-state index in [1.54, 1.807) is 7.11 Å². The molecule has 0 unspecified atom stereocenters. The van der Waals surface area contributed by atoms with Crippen LogP contribution in [0.25, 0.3) is 60.5 Å². The van der Waals surface area contributed by atoms with Crippen LogP contribution in [0.3, 0.4) is 0 Å². The van der Waals surface area contributed by atoms with E-state index < -0.39 is 0 Å². The SMILES string of the molecule is COc1ccc(Cl)c2c1c1cc(-c3ccccc3)ccc1n2-c1ccc2ccc3c(c2c1)C(C)(C)c1cc(C)ccc1-3. The molecule has 0 saturated heterocycles. The zero-order chi connectivity index (χ0) is 28.7. The summed E-state index contributed by atoms with van der Waals surface area (Å²) in [6.45, 7) is 6.89. The van der Waals surface area contributed by atoms with Crippen LogP contribution in [0.4, 0.5) is 0 Å². The van der Waals surface area contributed by atoms with E-state index in [2.05, 4.69) is 116 Å². The van der Waals surface area contributed by atoms with E-state index in [4.69, 9.17) is 16.3 Å². The number of hydrogen-bond donors (Lipinski definition) is 0. The molecule has 2 nitrogen and oxygen atoms in total. The Morgan fingerprint density at radius 2 is 1.50 bits per heavy atom. The van der Waals surface area contributed by atoms with Crippen LogP contribution in [0.5, 0.6) is 5.75 Å². The number of fused-ring (bicyclic) bond motifs is 8. The second-order valence-corrected chi connectivity index (χ2v) is 12.4. The predicted molar refractivity (Wildman–Crippen MR) is 178 cm³/mol. The lowest BCUT2D eigenvalue weighted by molar-refractivity contribution is 0.420. The highest BCUT2D eigenvalue weighted by Gasteiger charge is 2.37. The Bertz CT molecular complexity index is 2220. The summed E-state index contributed by atoms with van der Waals surface area (Å²) in [6, 6.07) is 39.4. The van der Waals surface area contributed by atoms with Crippen molar-refractivity contribution in [2.75, 3.05) is 7.11 Å². The molecule has 204 valence electrons. The molecule has 1 aromatic heterocycles. The minimum Gasteiger partial charge on any atom is -0.496 e. The zero-order valence-corrected chi connectivity index (χ0v) is 24.9. The standard InChI is InChI=1S/C39H30ClNO/c1-23-10-15-28-29-16-12-25-11-14-27(22-30(25)37(29)39(2,3)32(28)20-23)41-34-18-13-26(24-8-6-5-7-9-24)21-31(34)36-35(42-4)19-17-33(40)38(36)41/h5-22H,1-4H3. The van der Waals surface area contributed by atoms with Gasteiger partial charge in [0.05, 0.1) is 28.6 Å². The van der Waals surface area contributed by atoms with Crippen molar-refractivity contribution in [1.82, 2.24) is 4.57 Å². The van der Waals surface area contributed by atoms with E-state index >= 15 is 0 Å². The lowest BCUT2D eigenvalue weighted by atomic mass is 9.80. The number of hydrogen-bond acceptors (Lipinski definition) is 1. The van der Waals surface area contributed by atoms with Crippen molar-refractivity contribution in [2.45, 2.75) is 26.2 Å². The van der Waals surface area contributed by atoms with Crippen molar-refractivity contribution in [1.29, 1.82) is 0 Å². The molecule has 7 aromatic rings.